The molecule has 0 radical (unpaired) electrons. The van der Waals surface area contributed by atoms with Crippen LogP contribution >= 0.6 is 0 Å². The summed E-state index contributed by atoms with van der Waals surface area (Å²) in [5, 5.41) is 2.45. The number of benzene rings is 2. The van der Waals surface area contributed by atoms with E-state index in [-0.39, 0.29) is 22.7 Å². The fourth-order valence-electron chi connectivity index (χ4n) is 1.67. The van der Waals surface area contributed by atoms with Gasteiger partial charge in [0.2, 0.25) is 0 Å². The van der Waals surface area contributed by atoms with E-state index in [0.717, 1.165) is 18.2 Å². The molecule has 2 rings (SSSR count). The van der Waals surface area contributed by atoms with Crippen molar-refractivity contribution >= 4 is 17.3 Å². The van der Waals surface area contributed by atoms with Crippen LogP contribution in [-0.4, -0.2) is 13.0 Å². The number of nitrogens with one attached hydrogen (secondary N) is 1. The first-order chi connectivity index (χ1) is 9.51. The number of halogens is 2. The first-order valence-electron chi connectivity index (χ1n) is 5.71. The van der Waals surface area contributed by atoms with Gasteiger partial charge in [-0.3, -0.25) is 4.79 Å². The normalized spacial score (nSPS) is 10.2. The minimum Gasteiger partial charge on any atom is -0.494 e. The van der Waals surface area contributed by atoms with Gasteiger partial charge in [0.15, 0.2) is 0 Å². The van der Waals surface area contributed by atoms with Crippen molar-refractivity contribution in [1.29, 1.82) is 0 Å². The van der Waals surface area contributed by atoms with Gasteiger partial charge in [0.25, 0.3) is 5.91 Å². The molecule has 104 valence electrons. The molecule has 3 N–H and O–H groups in total. The first kappa shape index (κ1) is 13.8. The minimum atomic E-state index is -0.697. The highest BCUT2D eigenvalue weighted by atomic mass is 19.1. The maximum absolute atomic E-state index is 13.6. The van der Waals surface area contributed by atoms with E-state index in [1.807, 2.05) is 0 Å². The van der Waals surface area contributed by atoms with Gasteiger partial charge in [-0.05, 0) is 30.3 Å². The van der Waals surface area contributed by atoms with Crippen molar-refractivity contribution in [2.24, 2.45) is 0 Å². The number of hydrogen-bond acceptors (Lipinski definition) is 3. The third-order valence-corrected chi connectivity index (χ3v) is 2.65. The predicted molar refractivity (Wildman–Crippen MR) is 71.7 cm³/mol. The number of carbonyl (C=O) groups is 1. The Kier molecular flexibility index (Phi) is 3.84. The Balaban J connectivity index is 2.30. The van der Waals surface area contributed by atoms with Gasteiger partial charge >= 0.3 is 0 Å². The van der Waals surface area contributed by atoms with Gasteiger partial charge in [-0.25, -0.2) is 8.78 Å². The summed E-state index contributed by atoms with van der Waals surface area (Å²) in [7, 11) is 1.34. The number of ether oxygens (including phenoxy) is 1. The highest BCUT2D eigenvalue weighted by molar-refractivity contribution is 6.05. The number of carbonyl (C=O) groups excluding carboxylic acids is 1. The molecule has 0 spiro atoms. The zero-order valence-electron chi connectivity index (χ0n) is 10.6. The number of anilines is 2. The van der Waals surface area contributed by atoms with E-state index in [1.165, 1.54) is 25.3 Å². The summed E-state index contributed by atoms with van der Waals surface area (Å²) in [6.07, 6.45) is 0. The molecule has 0 saturated carbocycles. The van der Waals surface area contributed by atoms with Crippen LogP contribution in [0.1, 0.15) is 10.4 Å². The molecule has 1 amide bonds. The molecule has 0 heterocycles. The number of amides is 1. The van der Waals surface area contributed by atoms with Crippen LogP contribution in [0.25, 0.3) is 0 Å². The average Bonchev–Trinajstić information content (AvgIpc) is 2.43. The Hall–Kier alpha value is -2.63. The van der Waals surface area contributed by atoms with E-state index in [4.69, 9.17) is 10.5 Å². The monoisotopic (exact) mass is 278 g/mol. The molecule has 0 unspecified atom stereocenters. The largest absolute Gasteiger partial charge is 0.494 e. The summed E-state index contributed by atoms with van der Waals surface area (Å²) in [6, 6.07) is 7.28. The molecule has 0 aliphatic heterocycles. The van der Waals surface area contributed by atoms with Gasteiger partial charge < -0.3 is 15.8 Å². The summed E-state index contributed by atoms with van der Waals surface area (Å²) < 4.78 is 31.5. The van der Waals surface area contributed by atoms with Crippen LogP contribution in [0.2, 0.25) is 0 Å². The molecule has 6 heteroatoms. The van der Waals surface area contributed by atoms with Gasteiger partial charge in [-0.15, -0.1) is 0 Å². The first-order valence-corrected chi connectivity index (χ1v) is 5.71. The molecule has 0 saturated heterocycles. The molecule has 0 bridgehead atoms. The zero-order valence-corrected chi connectivity index (χ0v) is 10.6. The molecular formula is C14H12F2N2O2. The van der Waals surface area contributed by atoms with Crippen molar-refractivity contribution in [2.75, 3.05) is 18.2 Å². The lowest BCUT2D eigenvalue weighted by molar-refractivity contribution is 0.102. The maximum atomic E-state index is 13.6. The number of methoxy groups -OCH3 is 1. The van der Waals surface area contributed by atoms with Crippen LogP contribution in [0.5, 0.6) is 5.75 Å². The Morgan fingerprint density at radius 3 is 2.65 bits per heavy atom. The molecule has 0 atom stereocenters. The van der Waals surface area contributed by atoms with Gasteiger partial charge in [-0.1, -0.05) is 0 Å². The molecule has 4 nitrogen and oxygen atoms in total. The molecule has 2 aromatic rings. The van der Waals surface area contributed by atoms with E-state index in [2.05, 4.69) is 5.32 Å². The van der Waals surface area contributed by atoms with Crippen LogP contribution in [0.15, 0.2) is 36.4 Å². The molecule has 2 aromatic carbocycles. The number of hydrogen-bond donors (Lipinski definition) is 2. The van der Waals surface area contributed by atoms with Crippen molar-refractivity contribution in [2.45, 2.75) is 0 Å². The predicted octanol–water partition coefficient (Wildman–Crippen LogP) is 2.81. The Bertz CT molecular complexity index is 660. The topological polar surface area (TPSA) is 64.3 Å². The maximum Gasteiger partial charge on any atom is 0.258 e. The Morgan fingerprint density at radius 1 is 1.20 bits per heavy atom. The van der Waals surface area contributed by atoms with Crippen molar-refractivity contribution in [3.8, 4) is 5.75 Å². The smallest absolute Gasteiger partial charge is 0.258 e. The minimum absolute atomic E-state index is 0.141. The van der Waals surface area contributed by atoms with Gasteiger partial charge in [0, 0.05) is 11.8 Å². The molecule has 0 aliphatic rings. The van der Waals surface area contributed by atoms with E-state index < -0.39 is 17.5 Å². The second-order valence-electron chi connectivity index (χ2n) is 4.04. The van der Waals surface area contributed by atoms with Gasteiger partial charge in [-0.2, -0.15) is 0 Å². The number of rotatable bonds is 3. The van der Waals surface area contributed by atoms with E-state index in [9.17, 15) is 13.6 Å². The van der Waals surface area contributed by atoms with E-state index in [0.29, 0.717) is 0 Å². The molecule has 0 fully saturated rings. The highest BCUT2D eigenvalue weighted by Crippen LogP contribution is 2.26. The third-order valence-electron chi connectivity index (χ3n) is 2.65. The lowest BCUT2D eigenvalue weighted by atomic mass is 10.1. The summed E-state index contributed by atoms with van der Waals surface area (Å²) in [4.78, 5) is 12.0. The van der Waals surface area contributed by atoms with Crippen LogP contribution in [0, 0.1) is 11.6 Å². The van der Waals surface area contributed by atoms with Crippen molar-refractivity contribution in [3.63, 3.8) is 0 Å². The second kappa shape index (κ2) is 5.56. The average molecular weight is 278 g/mol. The second-order valence-corrected chi connectivity index (χ2v) is 4.04. The third kappa shape index (κ3) is 2.85. The van der Waals surface area contributed by atoms with Crippen molar-refractivity contribution < 1.29 is 18.3 Å². The van der Waals surface area contributed by atoms with E-state index in [1.54, 1.807) is 0 Å². The summed E-state index contributed by atoms with van der Waals surface area (Å²) >= 11 is 0. The molecule has 20 heavy (non-hydrogen) atoms. The van der Waals surface area contributed by atoms with Crippen molar-refractivity contribution in [3.05, 3.63) is 53.6 Å². The van der Waals surface area contributed by atoms with Crippen LogP contribution in [0.4, 0.5) is 20.2 Å². The van der Waals surface area contributed by atoms with Gasteiger partial charge in [0.1, 0.15) is 17.4 Å². The van der Waals surface area contributed by atoms with E-state index >= 15 is 0 Å². The van der Waals surface area contributed by atoms with Crippen LogP contribution in [-0.2, 0) is 0 Å². The standard InChI is InChI=1S/C14H12F2N2O2/c1-20-13-6-8(15)2-5-12(13)18-14(19)10-7-9(17)3-4-11(10)16/h2-7H,17H2,1H3,(H,18,19). The Morgan fingerprint density at radius 2 is 1.95 bits per heavy atom. The molecular weight excluding hydrogens is 266 g/mol. The summed E-state index contributed by atoms with van der Waals surface area (Å²) in [5.74, 6) is -1.75. The van der Waals surface area contributed by atoms with Gasteiger partial charge in [0.05, 0.1) is 18.4 Å². The fraction of sp³-hybridized carbons (Fsp3) is 0.0714. The number of nitrogens with two attached hydrogens (primary N) is 1. The summed E-state index contributed by atoms with van der Waals surface area (Å²) in [5.41, 5.74) is 5.82. The fourth-order valence-corrected chi connectivity index (χ4v) is 1.67. The molecule has 0 aromatic heterocycles. The highest BCUT2D eigenvalue weighted by Gasteiger charge is 2.14. The number of nitrogen functional groups attached to an aromatic ring is 1. The lowest BCUT2D eigenvalue weighted by Crippen LogP contribution is -2.14. The van der Waals surface area contributed by atoms with Crippen molar-refractivity contribution in [1.82, 2.24) is 0 Å². The molecule has 0 aliphatic carbocycles. The SMILES string of the molecule is COc1cc(F)ccc1NC(=O)c1cc(N)ccc1F. The Labute approximate surface area is 114 Å². The van der Waals surface area contributed by atoms with Crippen LogP contribution < -0.4 is 15.8 Å². The zero-order chi connectivity index (χ0) is 14.7. The quantitative estimate of drug-likeness (QED) is 0.848. The summed E-state index contributed by atoms with van der Waals surface area (Å²) in [6.45, 7) is 0. The van der Waals surface area contributed by atoms with Crippen LogP contribution in [0.3, 0.4) is 0 Å². The lowest BCUT2D eigenvalue weighted by Gasteiger charge is -2.11.